The fourth-order valence-electron chi connectivity index (χ4n) is 2.61. The number of nitrogens with zero attached hydrogens (tertiary/aromatic N) is 2. The third-order valence-electron chi connectivity index (χ3n) is 3.93. The van der Waals surface area contributed by atoms with Gasteiger partial charge in [0.2, 0.25) is 0 Å². The van der Waals surface area contributed by atoms with Crippen LogP contribution in [-0.4, -0.2) is 15.7 Å². The molecule has 3 rings (SSSR count). The van der Waals surface area contributed by atoms with Gasteiger partial charge in [0.05, 0.1) is 11.1 Å². The van der Waals surface area contributed by atoms with E-state index in [-0.39, 0.29) is 16.9 Å². The van der Waals surface area contributed by atoms with E-state index in [1.54, 1.807) is 36.4 Å². The maximum atomic E-state index is 13.8. The minimum Gasteiger partial charge on any atom is -0.318 e. The second kappa shape index (κ2) is 7.25. The van der Waals surface area contributed by atoms with E-state index in [0.29, 0.717) is 17.3 Å². The molecule has 0 unspecified atom stereocenters. The molecule has 0 radical (unpaired) electrons. The van der Waals surface area contributed by atoms with Crippen LogP contribution in [0.25, 0.3) is 10.8 Å². The summed E-state index contributed by atoms with van der Waals surface area (Å²) < 4.78 is 15.1. The van der Waals surface area contributed by atoms with E-state index < -0.39 is 11.7 Å². The van der Waals surface area contributed by atoms with Gasteiger partial charge in [-0.15, -0.1) is 0 Å². The topological polar surface area (TPSA) is 64.0 Å². The van der Waals surface area contributed by atoms with Gasteiger partial charge in [-0.2, -0.15) is 5.10 Å². The largest absolute Gasteiger partial charge is 0.318 e. The Bertz CT molecular complexity index is 982. The number of halogens is 1. The monoisotopic (exact) mass is 339 g/mol. The number of fused-ring (bicyclic) bond motifs is 1. The summed E-state index contributed by atoms with van der Waals surface area (Å²) in [4.78, 5) is 25.2. The molecule has 6 heteroatoms. The number of anilines is 1. The van der Waals surface area contributed by atoms with Crippen molar-refractivity contribution in [3.63, 3.8) is 0 Å². The van der Waals surface area contributed by atoms with Gasteiger partial charge in [-0.05, 0) is 24.6 Å². The van der Waals surface area contributed by atoms with E-state index in [2.05, 4.69) is 10.4 Å². The van der Waals surface area contributed by atoms with Crippen LogP contribution in [0.4, 0.5) is 10.1 Å². The highest BCUT2D eigenvalue weighted by molar-refractivity contribution is 6.11. The van der Waals surface area contributed by atoms with Gasteiger partial charge in [-0.1, -0.05) is 43.7 Å². The number of hydrogen-bond acceptors (Lipinski definition) is 3. The average molecular weight is 339 g/mol. The molecule has 0 aliphatic heterocycles. The van der Waals surface area contributed by atoms with Crippen molar-refractivity contribution in [3.8, 4) is 0 Å². The number of aryl methyl sites for hydroxylation is 1. The molecule has 0 bridgehead atoms. The summed E-state index contributed by atoms with van der Waals surface area (Å²) >= 11 is 0. The van der Waals surface area contributed by atoms with E-state index >= 15 is 0 Å². The van der Waals surface area contributed by atoms with Crippen molar-refractivity contribution in [2.45, 2.75) is 26.3 Å². The van der Waals surface area contributed by atoms with E-state index in [9.17, 15) is 14.0 Å². The van der Waals surface area contributed by atoms with Gasteiger partial charge >= 0.3 is 0 Å². The third kappa shape index (κ3) is 3.42. The Hall–Kier alpha value is -3.02. The Morgan fingerprint density at radius 2 is 1.80 bits per heavy atom. The molecule has 1 aromatic heterocycles. The lowest BCUT2D eigenvalue weighted by Crippen LogP contribution is -2.27. The Kier molecular flexibility index (Phi) is 4.88. The molecule has 0 saturated heterocycles. The fraction of sp³-hybridized carbons (Fsp3) is 0.211. The lowest BCUT2D eigenvalue weighted by atomic mass is 10.1. The molecule has 0 fully saturated rings. The van der Waals surface area contributed by atoms with Crippen molar-refractivity contribution >= 4 is 22.4 Å². The van der Waals surface area contributed by atoms with E-state index in [1.807, 2.05) is 6.92 Å². The molecule has 2 aromatic carbocycles. The van der Waals surface area contributed by atoms with Gasteiger partial charge in [0, 0.05) is 11.9 Å². The molecule has 25 heavy (non-hydrogen) atoms. The second-order valence-corrected chi connectivity index (χ2v) is 5.71. The summed E-state index contributed by atoms with van der Waals surface area (Å²) in [6, 6.07) is 12.7. The van der Waals surface area contributed by atoms with E-state index in [1.165, 1.54) is 16.8 Å². The van der Waals surface area contributed by atoms with Crippen LogP contribution in [0.15, 0.2) is 53.3 Å². The number of unbranched alkanes of at least 4 members (excludes halogenated alkanes) is 1. The van der Waals surface area contributed by atoms with E-state index in [4.69, 9.17) is 0 Å². The van der Waals surface area contributed by atoms with Crippen LogP contribution in [0.5, 0.6) is 0 Å². The summed E-state index contributed by atoms with van der Waals surface area (Å²) in [5.74, 6) is -1.08. The zero-order valence-corrected chi connectivity index (χ0v) is 13.8. The number of hydrogen-bond donors (Lipinski definition) is 1. The lowest BCUT2D eigenvalue weighted by molar-refractivity contribution is 0.102. The van der Waals surface area contributed by atoms with Crippen LogP contribution >= 0.6 is 0 Å². The highest BCUT2D eigenvalue weighted by Crippen LogP contribution is 2.17. The zero-order valence-electron chi connectivity index (χ0n) is 13.8. The lowest BCUT2D eigenvalue weighted by Gasteiger charge is -2.11. The van der Waals surface area contributed by atoms with Gasteiger partial charge in [-0.3, -0.25) is 9.59 Å². The maximum absolute atomic E-state index is 13.8. The number of amides is 1. The van der Waals surface area contributed by atoms with Crippen LogP contribution in [-0.2, 0) is 6.54 Å². The number of aromatic nitrogens is 2. The van der Waals surface area contributed by atoms with Gasteiger partial charge in [-0.25, -0.2) is 9.07 Å². The Labute approximate surface area is 144 Å². The van der Waals surface area contributed by atoms with Crippen molar-refractivity contribution < 1.29 is 9.18 Å². The van der Waals surface area contributed by atoms with Crippen LogP contribution in [0, 0.1) is 5.82 Å². The van der Waals surface area contributed by atoms with Crippen molar-refractivity contribution in [2.75, 3.05) is 5.32 Å². The zero-order chi connectivity index (χ0) is 17.8. The van der Waals surface area contributed by atoms with Crippen molar-refractivity contribution in [1.29, 1.82) is 0 Å². The molecule has 3 aromatic rings. The second-order valence-electron chi connectivity index (χ2n) is 5.71. The normalized spacial score (nSPS) is 10.8. The molecular formula is C19H18FN3O2. The first kappa shape index (κ1) is 16.8. The summed E-state index contributed by atoms with van der Waals surface area (Å²) in [6.07, 6.45) is 1.68. The van der Waals surface area contributed by atoms with E-state index in [0.717, 1.165) is 12.8 Å². The number of carbonyl (C=O) groups excluding carboxylic acids is 1. The molecule has 1 heterocycles. The summed E-state index contributed by atoms with van der Waals surface area (Å²) in [5.41, 5.74) is -0.0502. The molecule has 128 valence electrons. The fourth-order valence-corrected chi connectivity index (χ4v) is 2.61. The number of nitrogens with one attached hydrogen (secondary N) is 1. The van der Waals surface area contributed by atoms with Crippen LogP contribution in [0.2, 0.25) is 0 Å². The van der Waals surface area contributed by atoms with Crippen molar-refractivity contribution in [2.24, 2.45) is 0 Å². The standard InChI is InChI=1S/C19H18FN3O2/c1-2-3-12-23-19(25)14-9-5-4-8-13(14)17(22-23)18(24)21-16-11-7-6-10-15(16)20/h4-11H,2-3,12H2,1H3,(H,21,24). The first-order chi connectivity index (χ1) is 12.1. The molecule has 0 aliphatic carbocycles. The first-order valence-electron chi connectivity index (χ1n) is 8.17. The number of benzene rings is 2. The van der Waals surface area contributed by atoms with Gasteiger partial charge in [0.15, 0.2) is 5.69 Å². The number of para-hydroxylation sites is 1. The summed E-state index contributed by atoms with van der Waals surface area (Å²) in [6.45, 7) is 2.44. The Balaban J connectivity index is 2.08. The number of carbonyl (C=O) groups is 1. The molecule has 5 nitrogen and oxygen atoms in total. The van der Waals surface area contributed by atoms with Gasteiger partial charge in [0.1, 0.15) is 5.82 Å². The molecular weight excluding hydrogens is 321 g/mol. The SMILES string of the molecule is CCCCn1nc(C(=O)Nc2ccccc2F)c2ccccc2c1=O. The minimum atomic E-state index is -0.549. The predicted molar refractivity (Wildman–Crippen MR) is 95.3 cm³/mol. The summed E-state index contributed by atoms with van der Waals surface area (Å²) in [5, 5.41) is 7.64. The molecule has 1 N–H and O–H groups in total. The quantitative estimate of drug-likeness (QED) is 0.773. The first-order valence-corrected chi connectivity index (χ1v) is 8.17. The summed E-state index contributed by atoms with van der Waals surface area (Å²) in [7, 11) is 0. The van der Waals surface area contributed by atoms with Crippen LogP contribution in [0.1, 0.15) is 30.3 Å². The smallest absolute Gasteiger partial charge is 0.276 e. The molecule has 0 atom stereocenters. The number of rotatable bonds is 5. The van der Waals surface area contributed by atoms with Crippen LogP contribution in [0.3, 0.4) is 0 Å². The molecule has 1 amide bonds. The minimum absolute atomic E-state index is 0.0738. The highest BCUT2D eigenvalue weighted by atomic mass is 19.1. The van der Waals surface area contributed by atoms with Gasteiger partial charge in [0.25, 0.3) is 11.5 Å². The Morgan fingerprint density at radius 1 is 1.12 bits per heavy atom. The van der Waals surface area contributed by atoms with Crippen molar-refractivity contribution in [3.05, 3.63) is 70.4 Å². The van der Waals surface area contributed by atoms with Gasteiger partial charge < -0.3 is 5.32 Å². The maximum Gasteiger partial charge on any atom is 0.276 e. The Morgan fingerprint density at radius 3 is 2.52 bits per heavy atom. The molecule has 0 saturated carbocycles. The molecule has 0 aliphatic rings. The van der Waals surface area contributed by atoms with Crippen LogP contribution < -0.4 is 10.9 Å². The average Bonchev–Trinajstić information content (AvgIpc) is 2.63. The van der Waals surface area contributed by atoms with Crippen molar-refractivity contribution in [1.82, 2.24) is 9.78 Å². The predicted octanol–water partition coefficient (Wildman–Crippen LogP) is 3.59. The third-order valence-corrected chi connectivity index (χ3v) is 3.93. The highest BCUT2D eigenvalue weighted by Gasteiger charge is 2.17. The molecule has 0 spiro atoms.